The predicted molar refractivity (Wildman–Crippen MR) is 131 cm³/mol. The van der Waals surface area contributed by atoms with Crippen molar-refractivity contribution in [2.75, 3.05) is 6.54 Å². The number of rotatable bonds is 9. The maximum Gasteiger partial charge on any atom is 0.251 e. The zero-order valence-corrected chi connectivity index (χ0v) is 19.6. The highest BCUT2D eigenvalue weighted by molar-refractivity contribution is 7.89. The molecule has 0 bridgehead atoms. The zero-order valence-electron chi connectivity index (χ0n) is 18.8. The minimum Gasteiger partial charge on any atom is -0.352 e. The van der Waals surface area contributed by atoms with Crippen LogP contribution in [-0.2, 0) is 23.0 Å². The molecule has 0 saturated heterocycles. The van der Waals surface area contributed by atoms with Gasteiger partial charge in [0, 0.05) is 24.8 Å². The van der Waals surface area contributed by atoms with Crippen molar-refractivity contribution in [3.8, 4) is 5.69 Å². The van der Waals surface area contributed by atoms with Crippen LogP contribution in [-0.4, -0.2) is 30.7 Å². The Morgan fingerprint density at radius 2 is 1.65 bits per heavy atom. The fourth-order valence-electron chi connectivity index (χ4n) is 3.50. The van der Waals surface area contributed by atoms with Crippen LogP contribution in [0.2, 0.25) is 0 Å². The molecule has 1 amide bonds. The molecule has 34 heavy (non-hydrogen) atoms. The maximum absolute atomic E-state index is 12.8. The summed E-state index contributed by atoms with van der Waals surface area (Å²) in [6.45, 7) is 2.36. The molecule has 0 spiro atoms. The highest BCUT2D eigenvalue weighted by Crippen LogP contribution is 2.16. The average Bonchev–Trinajstić information content (AvgIpc) is 3.33. The molecule has 4 rings (SSSR count). The minimum atomic E-state index is -3.76. The number of aromatic nitrogens is 2. The summed E-state index contributed by atoms with van der Waals surface area (Å²) in [5, 5.41) is 7.25. The third kappa shape index (κ3) is 5.78. The topological polar surface area (TPSA) is 93.1 Å². The monoisotopic (exact) mass is 474 g/mol. The standard InChI is InChI=1S/C26H26N4O3S/c1-20-12-13-24(34(32,33)29-18-21-8-4-2-5-9-21)16-25(20)26(31)27-15-14-22-17-28-30(19-22)23-10-6-3-7-11-23/h2-13,16-17,19,29H,14-15,18H2,1H3,(H,27,31). The van der Waals surface area contributed by atoms with E-state index in [-0.39, 0.29) is 17.3 Å². The molecule has 0 unspecified atom stereocenters. The van der Waals surface area contributed by atoms with Crippen LogP contribution in [0.4, 0.5) is 0 Å². The van der Waals surface area contributed by atoms with Gasteiger partial charge in [-0.3, -0.25) is 4.79 Å². The number of nitrogens with one attached hydrogen (secondary N) is 2. The molecule has 2 N–H and O–H groups in total. The van der Waals surface area contributed by atoms with Crippen LogP contribution < -0.4 is 10.0 Å². The lowest BCUT2D eigenvalue weighted by atomic mass is 10.1. The number of sulfonamides is 1. The third-order valence-corrected chi connectivity index (χ3v) is 6.83. The Kier molecular flexibility index (Phi) is 7.20. The molecule has 1 aromatic heterocycles. The zero-order chi connectivity index (χ0) is 24.0. The van der Waals surface area contributed by atoms with Crippen molar-refractivity contribution in [2.45, 2.75) is 24.8 Å². The van der Waals surface area contributed by atoms with Gasteiger partial charge in [0.1, 0.15) is 0 Å². The van der Waals surface area contributed by atoms with Gasteiger partial charge in [0.25, 0.3) is 5.91 Å². The van der Waals surface area contributed by atoms with Gasteiger partial charge in [0.15, 0.2) is 0 Å². The molecule has 8 heteroatoms. The molecule has 4 aromatic rings. The second-order valence-corrected chi connectivity index (χ2v) is 9.69. The third-order valence-electron chi connectivity index (χ3n) is 5.43. The van der Waals surface area contributed by atoms with Gasteiger partial charge in [-0.05, 0) is 54.3 Å². The van der Waals surface area contributed by atoms with E-state index in [1.807, 2.05) is 66.9 Å². The smallest absolute Gasteiger partial charge is 0.251 e. The van der Waals surface area contributed by atoms with Gasteiger partial charge in [0.05, 0.1) is 16.8 Å². The van der Waals surface area contributed by atoms with E-state index < -0.39 is 10.0 Å². The van der Waals surface area contributed by atoms with E-state index in [4.69, 9.17) is 0 Å². The number of hydrogen-bond donors (Lipinski definition) is 2. The number of aryl methyl sites for hydroxylation is 1. The lowest BCUT2D eigenvalue weighted by Gasteiger charge is -2.11. The lowest BCUT2D eigenvalue weighted by molar-refractivity contribution is 0.0953. The highest BCUT2D eigenvalue weighted by Gasteiger charge is 2.18. The van der Waals surface area contributed by atoms with Crippen molar-refractivity contribution < 1.29 is 13.2 Å². The van der Waals surface area contributed by atoms with Crippen molar-refractivity contribution in [1.82, 2.24) is 19.8 Å². The molecule has 0 fully saturated rings. The second kappa shape index (κ2) is 10.5. The molecule has 0 radical (unpaired) electrons. The molecule has 0 aliphatic heterocycles. The number of carbonyl (C=O) groups excluding carboxylic acids is 1. The van der Waals surface area contributed by atoms with E-state index in [0.29, 0.717) is 24.1 Å². The molecule has 174 valence electrons. The van der Waals surface area contributed by atoms with Gasteiger partial charge in [-0.1, -0.05) is 54.6 Å². The number of hydrogen-bond acceptors (Lipinski definition) is 4. The maximum atomic E-state index is 12.8. The average molecular weight is 475 g/mol. The molecule has 0 atom stereocenters. The summed E-state index contributed by atoms with van der Waals surface area (Å²) in [4.78, 5) is 12.9. The number of nitrogens with zero attached hydrogens (tertiary/aromatic N) is 2. The fraction of sp³-hybridized carbons (Fsp3) is 0.154. The summed E-state index contributed by atoms with van der Waals surface area (Å²) in [5.74, 6) is -0.312. The molecule has 7 nitrogen and oxygen atoms in total. The molecule has 1 heterocycles. The summed E-state index contributed by atoms with van der Waals surface area (Å²) >= 11 is 0. The SMILES string of the molecule is Cc1ccc(S(=O)(=O)NCc2ccccc2)cc1C(=O)NCCc1cnn(-c2ccccc2)c1. The van der Waals surface area contributed by atoms with Gasteiger partial charge in [-0.25, -0.2) is 17.8 Å². The van der Waals surface area contributed by atoms with Gasteiger partial charge < -0.3 is 5.32 Å². The first-order valence-corrected chi connectivity index (χ1v) is 12.4. The minimum absolute atomic E-state index is 0.0586. The van der Waals surface area contributed by atoms with Gasteiger partial charge in [-0.2, -0.15) is 5.10 Å². The van der Waals surface area contributed by atoms with Crippen LogP contribution in [0.1, 0.15) is 27.0 Å². The van der Waals surface area contributed by atoms with E-state index in [2.05, 4.69) is 15.1 Å². The summed E-state index contributed by atoms with van der Waals surface area (Å²) in [5.41, 5.74) is 3.85. The number of para-hydroxylation sites is 1. The van der Waals surface area contributed by atoms with Crippen LogP contribution in [0.3, 0.4) is 0 Å². The molecule has 3 aromatic carbocycles. The normalized spacial score (nSPS) is 11.3. The highest BCUT2D eigenvalue weighted by atomic mass is 32.2. The quantitative estimate of drug-likeness (QED) is 0.387. The first kappa shape index (κ1) is 23.4. The Labute approximate surface area is 199 Å². The first-order chi connectivity index (χ1) is 16.4. The van der Waals surface area contributed by atoms with Crippen molar-refractivity contribution in [3.63, 3.8) is 0 Å². The first-order valence-electron chi connectivity index (χ1n) is 10.9. The Balaban J connectivity index is 1.37. The van der Waals surface area contributed by atoms with E-state index >= 15 is 0 Å². The van der Waals surface area contributed by atoms with Crippen molar-refractivity contribution in [1.29, 1.82) is 0 Å². The van der Waals surface area contributed by atoms with E-state index in [9.17, 15) is 13.2 Å². The van der Waals surface area contributed by atoms with E-state index in [1.54, 1.807) is 23.9 Å². The Bertz CT molecular complexity index is 1370. The van der Waals surface area contributed by atoms with Gasteiger partial charge >= 0.3 is 0 Å². The Morgan fingerprint density at radius 3 is 2.38 bits per heavy atom. The van der Waals surface area contributed by atoms with Crippen LogP contribution in [0, 0.1) is 6.92 Å². The van der Waals surface area contributed by atoms with Crippen LogP contribution >= 0.6 is 0 Å². The molecular formula is C26H26N4O3S. The van der Waals surface area contributed by atoms with Crippen LogP contribution in [0.25, 0.3) is 5.69 Å². The van der Waals surface area contributed by atoms with Crippen molar-refractivity contribution >= 4 is 15.9 Å². The van der Waals surface area contributed by atoms with Gasteiger partial charge in [-0.15, -0.1) is 0 Å². The second-order valence-electron chi connectivity index (χ2n) is 7.92. The fourth-order valence-corrected chi connectivity index (χ4v) is 4.54. The summed E-state index contributed by atoms with van der Waals surface area (Å²) < 4.78 is 29.9. The molecule has 0 aliphatic carbocycles. The predicted octanol–water partition coefficient (Wildman–Crippen LogP) is 3.63. The molecular weight excluding hydrogens is 448 g/mol. The largest absolute Gasteiger partial charge is 0.352 e. The van der Waals surface area contributed by atoms with E-state index in [0.717, 1.165) is 16.8 Å². The Hall–Kier alpha value is -3.75. The lowest BCUT2D eigenvalue weighted by Crippen LogP contribution is -2.27. The number of carbonyl (C=O) groups is 1. The summed E-state index contributed by atoms with van der Waals surface area (Å²) in [6, 6.07) is 23.6. The Morgan fingerprint density at radius 1 is 0.941 bits per heavy atom. The van der Waals surface area contributed by atoms with Crippen LogP contribution in [0.15, 0.2) is 96.2 Å². The van der Waals surface area contributed by atoms with Crippen LogP contribution in [0.5, 0.6) is 0 Å². The molecule has 0 saturated carbocycles. The molecule has 0 aliphatic rings. The number of benzene rings is 3. The van der Waals surface area contributed by atoms with Crippen molar-refractivity contribution in [3.05, 3.63) is 114 Å². The summed E-state index contributed by atoms with van der Waals surface area (Å²) in [6.07, 6.45) is 4.31. The van der Waals surface area contributed by atoms with Gasteiger partial charge in [0.2, 0.25) is 10.0 Å². The number of amides is 1. The van der Waals surface area contributed by atoms with E-state index in [1.165, 1.54) is 12.1 Å². The summed E-state index contributed by atoms with van der Waals surface area (Å²) in [7, 11) is -3.76. The van der Waals surface area contributed by atoms with Crippen molar-refractivity contribution in [2.24, 2.45) is 0 Å².